The molecule has 2 rings (SSSR count). The summed E-state index contributed by atoms with van der Waals surface area (Å²) in [4.78, 5) is 10.9. The van der Waals surface area contributed by atoms with Crippen LogP contribution in [0.25, 0.3) is 0 Å². The number of aryl methyl sites for hydroxylation is 1. The van der Waals surface area contributed by atoms with Gasteiger partial charge < -0.3 is 10.6 Å². The summed E-state index contributed by atoms with van der Waals surface area (Å²) in [6.45, 7) is 1.45. The van der Waals surface area contributed by atoms with Crippen LogP contribution in [-0.4, -0.2) is 28.3 Å². The lowest BCUT2D eigenvalue weighted by Crippen LogP contribution is -2.30. The molecule has 1 atom stereocenters. The zero-order valence-corrected chi connectivity index (χ0v) is 8.16. The molecule has 0 bridgehead atoms. The molecule has 1 aromatic heterocycles. The second kappa shape index (κ2) is 3.79. The van der Waals surface area contributed by atoms with E-state index in [1.807, 2.05) is 19.3 Å². The highest BCUT2D eigenvalue weighted by atomic mass is 16.1. The third kappa shape index (κ3) is 2.11. The molecule has 2 N–H and O–H groups in total. The first-order valence-electron chi connectivity index (χ1n) is 4.72. The van der Waals surface area contributed by atoms with Crippen LogP contribution in [0.15, 0.2) is 12.3 Å². The van der Waals surface area contributed by atoms with Crippen molar-refractivity contribution in [2.75, 3.05) is 6.54 Å². The third-order valence-electron chi connectivity index (χ3n) is 2.32. The Hall–Kier alpha value is -1.36. The van der Waals surface area contributed by atoms with Gasteiger partial charge in [-0.1, -0.05) is 0 Å². The van der Waals surface area contributed by atoms with Crippen molar-refractivity contribution in [1.82, 2.24) is 20.4 Å². The van der Waals surface area contributed by atoms with Gasteiger partial charge in [0.25, 0.3) is 0 Å². The van der Waals surface area contributed by atoms with Gasteiger partial charge in [0.05, 0.1) is 5.69 Å². The average Bonchev–Trinajstić information content (AvgIpc) is 2.72. The van der Waals surface area contributed by atoms with Crippen LogP contribution in [0.1, 0.15) is 12.1 Å². The van der Waals surface area contributed by atoms with Crippen molar-refractivity contribution >= 4 is 5.91 Å². The van der Waals surface area contributed by atoms with Crippen LogP contribution < -0.4 is 10.6 Å². The van der Waals surface area contributed by atoms with E-state index >= 15 is 0 Å². The molecule has 2 heterocycles. The molecule has 0 spiro atoms. The molecule has 1 aromatic rings. The Kier molecular flexibility index (Phi) is 2.49. The highest BCUT2D eigenvalue weighted by Crippen LogP contribution is 2.01. The van der Waals surface area contributed by atoms with Gasteiger partial charge in [0.2, 0.25) is 5.91 Å². The maximum absolute atomic E-state index is 10.9. The van der Waals surface area contributed by atoms with Crippen LogP contribution >= 0.6 is 0 Å². The molecule has 5 nitrogen and oxygen atoms in total. The summed E-state index contributed by atoms with van der Waals surface area (Å²) in [6.07, 6.45) is 2.49. The van der Waals surface area contributed by atoms with Crippen molar-refractivity contribution in [3.63, 3.8) is 0 Å². The van der Waals surface area contributed by atoms with Crippen LogP contribution in [0.2, 0.25) is 0 Å². The first kappa shape index (κ1) is 9.21. The molecule has 0 radical (unpaired) electrons. The molecular weight excluding hydrogens is 180 g/mol. The van der Waals surface area contributed by atoms with E-state index in [0.717, 1.165) is 18.8 Å². The molecule has 5 heteroatoms. The zero-order valence-electron chi connectivity index (χ0n) is 8.16. The minimum atomic E-state index is 0.128. The highest BCUT2D eigenvalue weighted by molar-refractivity contribution is 5.78. The van der Waals surface area contributed by atoms with Crippen LogP contribution in [0.3, 0.4) is 0 Å². The lowest BCUT2D eigenvalue weighted by atomic mass is 10.2. The van der Waals surface area contributed by atoms with Gasteiger partial charge in [-0.05, 0) is 6.07 Å². The number of rotatable bonds is 3. The van der Waals surface area contributed by atoms with Crippen molar-refractivity contribution in [2.24, 2.45) is 7.05 Å². The predicted molar refractivity (Wildman–Crippen MR) is 51.5 cm³/mol. The molecule has 1 fully saturated rings. The Morgan fingerprint density at radius 2 is 2.64 bits per heavy atom. The van der Waals surface area contributed by atoms with Gasteiger partial charge in [0.15, 0.2) is 0 Å². The van der Waals surface area contributed by atoms with E-state index in [-0.39, 0.29) is 11.9 Å². The Morgan fingerprint density at radius 3 is 3.21 bits per heavy atom. The molecule has 1 amide bonds. The Labute approximate surface area is 82.5 Å². The van der Waals surface area contributed by atoms with Crippen molar-refractivity contribution in [3.8, 4) is 0 Å². The summed E-state index contributed by atoms with van der Waals surface area (Å²) < 4.78 is 1.77. The van der Waals surface area contributed by atoms with E-state index in [9.17, 15) is 4.79 Å². The quantitative estimate of drug-likeness (QED) is 0.675. The largest absolute Gasteiger partial charge is 0.354 e. The summed E-state index contributed by atoms with van der Waals surface area (Å²) >= 11 is 0. The Morgan fingerprint density at radius 1 is 1.79 bits per heavy atom. The number of hydrogen-bond donors (Lipinski definition) is 2. The van der Waals surface area contributed by atoms with E-state index in [1.165, 1.54) is 0 Å². The second-order valence-corrected chi connectivity index (χ2v) is 3.57. The number of aromatic nitrogens is 2. The molecule has 0 saturated carbocycles. The fraction of sp³-hybridized carbons (Fsp3) is 0.556. The number of amides is 1. The molecule has 1 saturated heterocycles. The molecule has 14 heavy (non-hydrogen) atoms. The third-order valence-corrected chi connectivity index (χ3v) is 2.32. The summed E-state index contributed by atoms with van der Waals surface area (Å²) in [5.41, 5.74) is 1.01. The first-order chi connectivity index (χ1) is 6.74. The van der Waals surface area contributed by atoms with Gasteiger partial charge >= 0.3 is 0 Å². The Balaban J connectivity index is 1.80. The second-order valence-electron chi connectivity index (χ2n) is 3.57. The average molecular weight is 194 g/mol. The summed E-state index contributed by atoms with van der Waals surface area (Å²) in [6, 6.07) is 2.22. The molecule has 0 aromatic carbocycles. The van der Waals surface area contributed by atoms with Crippen LogP contribution in [0.4, 0.5) is 0 Å². The summed E-state index contributed by atoms with van der Waals surface area (Å²) in [7, 11) is 1.89. The first-order valence-corrected chi connectivity index (χ1v) is 4.72. The zero-order chi connectivity index (χ0) is 9.97. The summed E-state index contributed by atoms with van der Waals surface area (Å²) in [5, 5.41) is 10.3. The molecule has 1 aliphatic heterocycles. The van der Waals surface area contributed by atoms with E-state index < -0.39 is 0 Å². The van der Waals surface area contributed by atoms with Crippen molar-refractivity contribution in [1.29, 1.82) is 0 Å². The molecule has 1 unspecified atom stereocenters. The smallest absolute Gasteiger partial charge is 0.221 e. The van der Waals surface area contributed by atoms with Gasteiger partial charge in [-0.25, -0.2) is 0 Å². The predicted octanol–water partition coefficient (Wildman–Crippen LogP) is -0.602. The van der Waals surface area contributed by atoms with Crippen molar-refractivity contribution in [2.45, 2.75) is 19.0 Å². The minimum absolute atomic E-state index is 0.128. The fourth-order valence-corrected chi connectivity index (χ4v) is 1.56. The molecule has 76 valence electrons. The minimum Gasteiger partial charge on any atom is -0.354 e. The number of nitrogens with one attached hydrogen (secondary N) is 2. The topological polar surface area (TPSA) is 59.0 Å². The standard InChI is InChI=1S/C9H14N4O/c1-13-3-2-7(12-13)5-10-8-4-9(14)11-6-8/h2-3,8,10H,4-6H2,1H3,(H,11,14). The van der Waals surface area contributed by atoms with E-state index in [1.54, 1.807) is 4.68 Å². The SMILES string of the molecule is Cn1ccc(CNC2CNC(=O)C2)n1. The van der Waals surface area contributed by atoms with E-state index in [0.29, 0.717) is 6.42 Å². The number of carbonyl (C=O) groups excluding carboxylic acids is 1. The van der Waals surface area contributed by atoms with Gasteiger partial charge in [0, 0.05) is 38.8 Å². The van der Waals surface area contributed by atoms with Gasteiger partial charge in [-0.2, -0.15) is 5.10 Å². The van der Waals surface area contributed by atoms with Crippen molar-refractivity contribution in [3.05, 3.63) is 18.0 Å². The Bertz CT molecular complexity index is 333. The molecule has 0 aliphatic carbocycles. The van der Waals surface area contributed by atoms with Crippen LogP contribution in [-0.2, 0) is 18.4 Å². The van der Waals surface area contributed by atoms with Gasteiger partial charge in [0.1, 0.15) is 0 Å². The van der Waals surface area contributed by atoms with Gasteiger partial charge in [-0.15, -0.1) is 0 Å². The maximum Gasteiger partial charge on any atom is 0.221 e. The van der Waals surface area contributed by atoms with Crippen LogP contribution in [0.5, 0.6) is 0 Å². The normalized spacial score (nSPS) is 21.2. The van der Waals surface area contributed by atoms with E-state index in [4.69, 9.17) is 0 Å². The van der Waals surface area contributed by atoms with Crippen LogP contribution in [0, 0.1) is 0 Å². The maximum atomic E-state index is 10.9. The number of hydrogen-bond acceptors (Lipinski definition) is 3. The van der Waals surface area contributed by atoms with E-state index in [2.05, 4.69) is 15.7 Å². The monoisotopic (exact) mass is 194 g/mol. The van der Waals surface area contributed by atoms with Gasteiger partial charge in [-0.3, -0.25) is 9.48 Å². The lowest BCUT2D eigenvalue weighted by Gasteiger charge is -2.07. The fourth-order valence-electron chi connectivity index (χ4n) is 1.56. The van der Waals surface area contributed by atoms with Crippen molar-refractivity contribution < 1.29 is 4.79 Å². The highest BCUT2D eigenvalue weighted by Gasteiger charge is 2.20. The lowest BCUT2D eigenvalue weighted by molar-refractivity contribution is -0.119. The summed E-state index contributed by atoms with van der Waals surface area (Å²) in [5.74, 6) is 0.128. The molecule has 1 aliphatic rings. The number of carbonyl (C=O) groups is 1. The number of nitrogens with zero attached hydrogens (tertiary/aromatic N) is 2. The molecular formula is C9H14N4O.